The molecule has 0 radical (unpaired) electrons. The summed E-state index contributed by atoms with van der Waals surface area (Å²) in [4.78, 5) is 42.6. The molecule has 0 saturated heterocycles. The number of carbonyl (C=O) groups is 2. The van der Waals surface area contributed by atoms with Gasteiger partial charge < -0.3 is 14.8 Å². The molecule has 35 heavy (non-hydrogen) atoms. The number of anilines is 1. The van der Waals surface area contributed by atoms with Crippen molar-refractivity contribution in [2.45, 2.75) is 5.16 Å². The SMILES string of the molecule is O=C(CSc1nc2ccccc2c(=O)n1-c1ccccc1)NC(=O)Nc1ccc2c(c1)OCCO2. The van der Waals surface area contributed by atoms with Gasteiger partial charge in [0, 0.05) is 11.8 Å². The largest absolute Gasteiger partial charge is 0.486 e. The van der Waals surface area contributed by atoms with Crippen molar-refractivity contribution < 1.29 is 19.1 Å². The lowest BCUT2D eigenvalue weighted by Gasteiger charge is -2.19. The monoisotopic (exact) mass is 488 g/mol. The Bertz CT molecular complexity index is 1470. The van der Waals surface area contributed by atoms with Crippen LogP contribution in [0.25, 0.3) is 16.6 Å². The van der Waals surface area contributed by atoms with E-state index in [0.717, 1.165) is 11.8 Å². The number of para-hydroxylation sites is 2. The molecule has 5 rings (SSSR count). The molecule has 2 heterocycles. The number of benzene rings is 3. The predicted molar refractivity (Wildman–Crippen MR) is 133 cm³/mol. The van der Waals surface area contributed by atoms with Gasteiger partial charge in [-0.25, -0.2) is 9.78 Å². The van der Waals surface area contributed by atoms with E-state index in [1.165, 1.54) is 4.57 Å². The summed E-state index contributed by atoms with van der Waals surface area (Å²) in [5, 5.41) is 5.72. The number of fused-ring (bicyclic) bond motifs is 2. The number of nitrogens with zero attached hydrogens (tertiary/aromatic N) is 2. The quantitative estimate of drug-likeness (QED) is 0.326. The Labute approximate surface area is 204 Å². The topological polar surface area (TPSA) is 112 Å². The minimum atomic E-state index is -0.681. The summed E-state index contributed by atoms with van der Waals surface area (Å²) in [6.07, 6.45) is 0. The fourth-order valence-electron chi connectivity index (χ4n) is 3.59. The molecule has 4 aromatic rings. The Morgan fingerprint density at radius 3 is 2.51 bits per heavy atom. The van der Waals surface area contributed by atoms with E-state index in [9.17, 15) is 14.4 Å². The maximum Gasteiger partial charge on any atom is 0.325 e. The van der Waals surface area contributed by atoms with Crippen molar-refractivity contribution >= 4 is 40.3 Å². The molecule has 1 aliphatic heterocycles. The summed E-state index contributed by atoms with van der Waals surface area (Å²) in [5.74, 6) is 0.470. The molecule has 1 aliphatic rings. The molecule has 0 bridgehead atoms. The Morgan fingerprint density at radius 2 is 1.69 bits per heavy atom. The van der Waals surface area contributed by atoms with Gasteiger partial charge in [0.15, 0.2) is 16.7 Å². The molecule has 9 nitrogen and oxygen atoms in total. The summed E-state index contributed by atoms with van der Waals surface area (Å²) < 4.78 is 12.4. The number of carbonyl (C=O) groups excluding carboxylic acids is 2. The van der Waals surface area contributed by atoms with Crippen molar-refractivity contribution in [3.8, 4) is 17.2 Å². The summed E-state index contributed by atoms with van der Waals surface area (Å²) in [7, 11) is 0. The Kier molecular flexibility index (Phi) is 6.36. The second kappa shape index (κ2) is 9.90. The summed E-state index contributed by atoms with van der Waals surface area (Å²) in [6.45, 7) is 0.895. The van der Waals surface area contributed by atoms with Crippen molar-refractivity contribution in [1.82, 2.24) is 14.9 Å². The highest BCUT2D eigenvalue weighted by atomic mass is 32.2. The maximum absolute atomic E-state index is 13.2. The van der Waals surface area contributed by atoms with Crippen LogP contribution in [0.15, 0.2) is 82.7 Å². The van der Waals surface area contributed by atoms with E-state index in [1.807, 2.05) is 18.2 Å². The second-order valence-electron chi connectivity index (χ2n) is 7.54. The first-order valence-corrected chi connectivity index (χ1v) is 11.8. The minimum Gasteiger partial charge on any atom is -0.486 e. The highest BCUT2D eigenvalue weighted by molar-refractivity contribution is 7.99. The number of amides is 3. The minimum absolute atomic E-state index is 0.119. The van der Waals surface area contributed by atoms with Gasteiger partial charge in [0.1, 0.15) is 13.2 Å². The average Bonchev–Trinajstić information content (AvgIpc) is 2.88. The molecule has 3 aromatic carbocycles. The molecule has 0 spiro atoms. The number of ether oxygens (including phenoxy) is 2. The molecular formula is C25H20N4O5S. The van der Waals surface area contributed by atoms with Crippen LogP contribution in [0.2, 0.25) is 0 Å². The number of urea groups is 1. The molecule has 176 valence electrons. The standard InChI is InChI=1S/C25H20N4O5S/c30-22(28-24(32)26-16-10-11-20-21(14-16)34-13-12-33-20)15-35-25-27-19-9-5-4-8-18(19)23(31)29(25)17-6-2-1-3-7-17/h1-11,14H,12-13,15H2,(H2,26,28,30,32). The van der Waals surface area contributed by atoms with Crippen LogP contribution in [0.3, 0.4) is 0 Å². The lowest BCUT2D eigenvalue weighted by atomic mass is 10.2. The smallest absolute Gasteiger partial charge is 0.325 e. The molecular weight excluding hydrogens is 468 g/mol. The lowest BCUT2D eigenvalue weighted by molar-refractivity contribution is -0.117. The van der Waals surface area contributed by atoms with Crippen molar-refractivity contribution in [3.63, 3.8) is 0 Å². The van der Waals surface area contributed by atoms with Gasteiger partial charge in [0.25, 0.3) is 5.56 Å². The van der Waals surface area contributed by atoms with Crippen molar-refractivity contribution in [2.75, 3.05) is 24.3 Å². The third-order valence-electron chi connectivity index (χ3n) is 5.14. The normalized spacial score (nSPS) is 12.2. The molecule has 1 aromatic heterocycles. The van der Waals surface area contributed by atoms with E-state index >= 15 is 0 Å². The molecule has 10 heteroatoms. The first kappa shape index (κ1) is 22.5. The van der Waals surface area contributed by atoms with Gasteiger partial charge in [-0.15, -0.1) is 0 Å². The van der Waals surface area contributed by atoms with Gasteiger partial charge in [0.05, 0.1) is 22.3 Å². The van der Waals surface area contributed by atoms with Crippen LogP contribution < -0.4 is 25.7 Å². The number of nitrogens with one attached hydrogen (secondary N) is 2. The molecule has 0 fully saturated rings. The van der Waals surface area contributed by atoms with Crippen LogP contribution in [0.4, 0.5) is 10.5 Å². The van der Waals surface area contributed by atoms with E-state index in [0.29, 0.717) is 52.1 Å². The second-order valence-corrected chi connectivity index (χ2v) is 8.48. The fraction of sp³-hybridized carbons (Fsp3) is 0.120. The number of rotatable bonds is 5. The number of thioether (sulfide) groups is 1. The first-order chi connectivity index (χ1) is 17.1. The average molecular weight is 489 g/mol. The molecule has 0 aliphatic carbocycles. The Morgan fingerprint density at radius 1 is 0.943 bits per heavy atom. The van der Waals surface area contributed by atoms with Crippen molar-refractivity contribution in [1.29, 1.82) is 0 Å². The molecule has 0 atom stereocenters. The summed E-state index contributed by atoms with van der Waals surface area (Å²) in [5.41, 5.74) is 1.39. The molecule has 0 unspecified atom stereocenters. The van der Waals surface area contributed by atoms with E-state index in [1.54, 1.807) is 54.6 Å². The lowest BCUT2D eigenvalue weighted by Crippen LogP contribution is -2.35. The highest BCUT2D eigenvalue weighted by Crippen LogP contribution is 2.32. The van der Waals surface area contributed by atoms with E-state index in [-0.39, 0.29) is 11.3 Å². The molecule has 2 N–H and O–H groups in total. The predicted octanol–water partition coefficient (Wildman–Crippen LogP) is 3.60. The zero-order valence-electron chi connectivity index (χ0n) is 18.4. The number of aromatic nitrogens is 2. The maximum atomic E-state index is 13.2. The molecule has 0 saturated carbocycles. The van der Waals surface area contributed by atoms with Crippen LogP contribution in [-0.2, 0) is 4.79 Å². The van der Waals surface area contributed by atoms with Gasteiger partial charge >= 0.3 is 6.03 Å². The van der Waals surface area contributed by atoms with Crippen molar-refractivity contribution in [2.24, 2.45) is 0 Å². The van der Waals surface area contributed by atoms with Gasteiger partial charge in [0.2, 0.25) is 5.91 Å². The van der Waals surface area contributed by atoms with Crippen LogP contribution >= 0.6 is 11.8 Å². The third kappa shape index (κ3) is 4.97. The number of hydrogen-bond donors (Lipinski definition) is 2. The first-order valence-electron chi connectivity index (χ1n) is 10.8. The van der Waals surface area contributed by atoms with E-state index < -0.39 is 11.9 Å². The summed E-state index contributed by atoms with van der Waals surface area (Å²) >= 11 is 1.07. The zero-order valence-corrected chi connectivity index (χ0v) is 19.2. The van der Waals surface area contributed by atoms with Crippen LogP contribution in [0.1, 0.15) is 0 Å². The number of hydrogen-bond acceptors (Lipinski definition) is 7. The van der Waals surface area contributed by atoms with Crippen LogP contribution in [0.5, 0.6) is 11.5 Å². The Hall–Kier alpha value is -4.31. The van der Waals surface area contributed by atoms with Crippen LogP contribution in [-0.4, -0.2) is 40.5 Å². The van der Waals surface area contributed by atoms with Gasteiger partial charge in [-0.2, -0.15) is 0 Å². The molecule has 3 amide bonds. The number of imide groups is 1. The third-order valence-corrected chi connectivity index (χ3v) is 6.08. The van der Waals surface area contributed by atoms with Gasteiger partial charge in [-0.05, 0) is 36.4 Å². The summed E-state index contributed by atoms with van der Waals surface area (Å²) in [6, 6.07) is 20.4. The van der Waals surface area contributed by atoms with E-state index in [4.69, 9.17) is 9.47 Å². The van der Waals surface area contributed by atoms with Gasteiger partial charge in [-0.3, -0.25) is 19.5 Å². The van der Waals surface area contributed by atoms with Crippen LogP contribution in [0, 0.1) is 0 Å². The van der Waals surface area contributed by atoms with E-state index in [2.05, 4.69) is 15.6 Å². The fourth-order valence-corrected chi connectivity index (χ4v) is 4.40. The van der Waals surface area contributed by atoms with Gasteiger partial charge in [-0.1, -0.05) is 42.1 Å². The highest BCUT2D eigenvalue weighted by Gasteiger charge is 2.17. The zero-order chi connectivity index (χ0) is 24.2. The van der Waals surface area contributed by atoms with Crippen molar-refractivity contribution in [3.05, 3.63) is 83.2 Å². The Balaban J connectivity index is 1.30.